The first-order valence-corrected chi connectivity index (χ1v) is 8.45. The summed E-state index contributed by atoms with van der Waals surface area (Å²) in [6, 6.07) is -0.837. The second-order valence-electron chi connectivity index (χ2n) is 4.26. The molecule has 1 saturated heterocycles. The molecule has 108 valence electrons. The Kier molecular flexibility index (Phi) is 6.93. The summed E-state index contributed by atoms with van der Waals surface area (Å²) in [6.45, 7) is 4.03. The zero-order chi connectivity index (χ0) is 14.3. The van der Waals surface area contributed by atoms with E-state index in [1.165, 1.54) is 0 Å². The maximum absolute atomic E-state index is 11.9. The van der Waals surface area contributed by atoms with E-state index < -0.39 is 12.0 Å². The van der Waals surface area contributed by atoms with Crippen LogP contribution in [0.2, 0.25) is 0 Å². The van der Waals surface area contributed by atoms with Crippen LogP contribution < -0.4 is 16.4 Å². The number of nitrogens with one attached hydrogen (secondary N) is 2. The van der Waals surface area contributed by atoms with Crippen molar-refractivity contribution in [2.75, 3.05) is 18.1 Å². The molecular weight excluding hydrogens is 286 g/mol. The highest BCUT2D eigenvalue weighted by Crippen LogP contribution is 2.34. The second-order valence-corrected chi connectivity index (χ2v) is 6.81. The van der Waals surface area contributed by atoms with Crippen LogP contribution in [0.1, 0.15) is 12.8 Å². The molecule has 0 radical (unpaired) electrons. The number of rotatable bonds is 8. The zero-order valence-electron chi connectivity index (χ0n) is 10.6. The van der Waals surface area contributed by atoms with E-state index in [4.69, 9.17) is 10.8 Å². The highest BCUT2D eigenvalue weighted by Gasteiger charge is 2.27. The van der Waals surface area contributed by atoms with Crippen molar-refractivity contribution < 1.29 is 14.7 Å². The topological polar surface area (TPSA) is 104 Å². The van der Waals surface area contributed by atoms with Gasteiger partial charge in [-0.15, -0.1) is 0 Å². The molecule has 0 saturated carbocycles. The summed E-state index contributed by atoms with van der Waals surface area (Å²) < 4.78 is 0. The van der Waals surface area contributed by atoms with Gasteiger partial charge in [0.25, 0.3) is 0 Å². The summed E-state index contributed by atoms with van der Waals surface area (Å²) in [5, 5.41) is 14.5. The predicted octanol–water partition coefficient (Wildman–Crippen LogP) is 0.367. The lowest BCUT2D eigenvalue weighted by atomic mass is 10.1. The molecule has 1 atom stereocenters. The molecule has 0 aromatic heterocycles. The van der Waals surface area contributed by atoms with E-state index in [1.54, 1.807) is 21.6 Å². The molecule has 0 aliphatic carbocycles. The van der Waals surface area contributed by atoms with Crippen LogP contribution >= 0.6 is 21.6 Å². The number of carboxylic acid groups (broad SMARTS) is 1. The van der Waals surface area contributed by atoms with Crippen molar-refractivity contribution in [3.63, 3.8) is 0 Å². The summed E-state index contributed by atoms with van der Waals surface area (Å²) >= 11 is 0. The van der Waals surface area contributed by atoms with E-state index in [2.05, 4.69) is 17.2 Å². The molecule has 19 heavy (non-hydrogen) atoms. The summed E-state index contributed by atoms with van der Waals surface area (Å²) in [5.74, 6) is 0.600. The van der Waals surface area contributed by atoms with E-state index in [-0.39, 0.29) is 11.8 Å². The van der Waals surface area contributed by atoms with Crippen LogP contribution in [0.5, 0.6) is 0 Å². The number of hydrogen-bond acceptors (Lipinski definition) is 6. The first-order chi connectivity index (χ1) is 9.00. The Hall–Kier alpha value is -1.02. The molecule has 8 heteroatoms. The van der Waals surface area contributed by atoms with Gasteiger partial charge in [0.05, 0.1) is 11.7 Å². The first kappa shape index (κ1) is 16.0. The molecular formula is C11H19N3O3S2. The zero-order valence-corrected chi connectivity index (χ0v) is 12.2. The highest BCUT2D eigenvalue weighted by atomic mass is 33.1. The Balaban J connectivity index is 2.33. The number of carbonyl (C=O) groups is 2. The van der Waals surface area contributed by atoms with Gasteiger partial charge in [-0.25, -0.2) is 4.79 Å². The van der Waals surface area contributed by atoms with Gasteiger partial charge >= 0.3 is 5.97 Å². The highest BCUT2D eigenvalue weighted by molar-refractivity contribution is 8.77. The smallest absolute Gasteiger partial charge is 0.326 e. The van der Waals surface area contributed by atoms with E-state index in [9.17, 15) is 9.59 Å². The van der Waals surface area contributed by atoms with Gasteiger partial charge in [-0.3, -0.25) is 4.79 Å². The maximum Gasteiger partial charge on any atom is 0.326 e. The average Bonchev–Trinajstić information content (AvgIpc) is 2.85. The molecule has 1 unspecified atom stereocenters. The largest absolute Gasteiger partial charge is 0.480 e. The van der Waals surface area contributed by atoms with Crippen molar-refractivity contribution in [2.45, 2.75) is 18.9 Å². The minimum absolute atomic E-state index is 0.0844. The Morgan fingerprint density at radius 3 is 2.58 bits per heavy atom. The Labute approximate surface area is 120 Å². The van der Waals surface area contributed by atoms with Gasteiger partial charge < -0.3 is 21.5 Å². The molecule has 1 rings (SSSR count). The molecule has 1 aliphatic heterocycles. The van der Waals surface area contributed by atoms with E-state index >= 15 is 0 Å². The second kappa shape index (κ2) is 8.21. The molecule has 0 aromatic rings. The van der Waals surface area contributed by atoms with Gasteiger partial charge in [-0.2, -0.15) is 0 Å². The summed E-state index contributed by atoms with van der Waals surface area (Å²) in [6.07, 6.45) is 0.968. The van der Waals surface area contributed by atoms with Gasteiger partial charge in [0.2, 0.25) is 5.91 Å². The summed E-state index contributed by atoms with van der Waals surface area (Å²) in [7, 11) is 3.29. The lowest BCUT2D eigenvalue weighted by Gasteiger charge is -2.17. The standard InChI is InChI=1S/C11H19N3O3S2/c1-7(12)13-4-2-3-9(11(16)17)14-10(15)8-5-18-19-6-8/h8-9,13H,1-6,12H2,(H,14,15)(H,16,17). The van der Waals surface area contributed by atoms with Crippen LogP contribution in [0.4, 0.5) is 0 Å². The van der Waals surface area contributed by atoms with Crippen LogP contribution in [0, 0.1) is 5.92 Å². The third-order valence-corrected chi connectivity index (χ3v) is 5.19. The minimum Gasteiger partial charge on any atom is -0.480 e. The summed E-state index contributed by atoms with van der Waals surface area (Å²) in [4.78, 5) is 22.9. The van der Waals surface area contributed by atoms with Crippen molar-refractivity contribution >= 4 is 33.5 Å². The van der Waals surface area contributed by atoms with E-state index in [0.717, 1.165) is 11.5 Å². The lowest BCUT2D eigenvalue weighted by molar-refractivity contribution is -0.142. The summed E-state index contributed by atoms with van der Waals surface area (Å²) in [5.41, 5.74) is 5.34. The van der Waals surface area contributed by atoms with Crippen LogP contribution in [-0.2, 0) is 9.59 Å². The molecule has 1 heterocycles. The van der Waals surface area contributed by atoms with E-state index in [0.29, 0.717) is 25.2 Å². The number of nitrogens with two attached hydrogens (primary N) is 1. The predicted molar refractivity (Wildman–Crippen MR) is 78.5 cm³/mol. The third kappa shape index (κ3) is 6.11. The molecule has 5 N–H and O–H groups in total. The van der Waals surface area contributed by atoms with Crippen LogP contribution in [-0.4, -0.2) is 41.1 Å². The average molecular weight is 305 g/mol. The lowest BCUT2D eigenvalue weighted by Crippen LogP contribution is -2.44. The fourth-order valence-electron chi connectivity index (χ4n) is 1.56. The monoisotopic (exact) mass is 305 g/mol. The fourth-order valence-corrected chi connectivity index (χ4v) is 4.33. The number of aliphatic carboxylic acids is 1. The van der Waals surface area contributed by atoms with Crippen LogP contribution in [0.15, 0.2) is 12.4 Å². The quantitative estimate of drug-likeness (QED) is 0.379. The van der Waals surface area contributed by atoms with Gasteiger partial charge in [-0.1, -0.05) is 28.2 Å². The number of hydrogen-bond donors (Lipinski definition) is 4. The molecule has 6 nitrogen and oxygen atoms in total. The number of amides is 1. The van der Waals surface area contributed by atoms with Gasteiger partial charge in [0, 0.05) is 18.1 Å². The molecule has 1 aliphatic rings. The normalized spacial score (nSPS) is 16.8. The Morgan fingerprint density at radius 2 is 2.05 bits per heavy atom. The molecule has 0 aromatic carbocycles. The SMILES string of the molecule is C=C(N)NCCCC(NC(=O)C1CSSC1)C(=O)O. The first-order valence-electron chi connectivity index (χ1n) is 5.96. The van der Waals surface area contributed by atoms with Crippen molar-refractivity contribution in [2.24, 2.45) is 11.7 Å². The Bertz CT molecular complexity index is 346. The van der Waals surface area contributed by atoms with Gasteiger partial charge in [0.1, 0.15) is 6.04 Å². The van der Waals surface area contributed by atoms with Crippen LogP contribution in [0.3, 0.4) is 0 Å². The molecule has 1 amide bonds. The van der Waals surface area contributed by atoms with E-state index in [1.807, 2.05) is 0 Å². The third-order valence-electron chi connectivity index (χ3n) is 2.63. The number of carboxylic acids is 1. The van der Waals surface area contributed by atoms with Gasteiger partial charge in [0.15, 0.2) is 0 Å². The molecule has 1 fully saturated rings. The number of carbonyl (C=O) groups excluding carboxylic acids is 1. The Morgan fingerprint density at radius 1 is 1.42 bits per heavy atom. The maximum atomic E-state index is 11.9. The minimum atomic E-state index is -1.00. The molecule has 0 bridgehead atoms. The van der Waals surface area contributed by atoms with Crippen molar-refractivity contribution in [1.82, 2.24) is 10.6 Å². The van der Waals surface area contributed by atoms with Crippen molar-refractivity contribution in [1.29, 1.82) is 0 Å². The molecule has 0 spiro atoms. The van der Waals surface area contributed by atoms with Crippen LogP contribution in [0.25, 0.3) is 0 Å². The van der Waals surface area contributed by atoms with Crippen molar-refractivity contribution in [3.8, 4) is 0 Å². The van der Waals surface area contributed by atoms with Gasteiger partial charge in [-0.05, 0) is 12.8 Å². The van der Waals surface area contributed by atoms with Crippen molar-refractivity contribution in [3.05, 3.63) is 12.4 Å². The fraction of sp³-hybridized carbons (Fsp3) is 0.636.